The molecule has 1 nitrogen and oxygen atoms in total. The van der Waals surface area contributed by atoms with Crippen molar-refractivity contribution < 1.29 is 4.79 Å². The lowest BCUT2D eigenvalue weighted by Gasteiger charge is -1.97. The largest absolute Gasteiger partial charge is 0.294 e. The molecule has 1 aromatic rings. The minimum absolute atomic E-state index is 0.278. The van der Waals surface area contributed by atoms with Gasteiger partial charge in [-0.3, -0.25) is 4.79 Å². The second-order valence-electron chi connectivity index (χ2n) is 4.34. The summed E-state index contributed by atoms with van der Waals surface area (Å²) in [4.78, 5) is 11.5. The molecule has 0 aromatic heterocycles. The molecule has 0 saturated heterocycles. The molecule has 2 aliphatic carbocycles. The number of carbonyl (C=O) groups is 1. The van der Waals surface area contributed by atoms with Crippen LogP contribution in [-0.2, 0) is 6.42 Å². The van der Waals surface area contributed by atoms with Crippen molar-refractivity contribution in [1.82, 2.24) is 0 Å². The SMILES string of the molecule is O=C1CCc2ccc(C#CC3CC3)cc21. The van der Waals surface area contributed by atoms with Crippen LogP contribution in [0.1, 0.15) is 40.7 Å². The summed E-state index contributed by atoms with van der Waals surface area (Å²) in [5.74, 6) is 7.27. The van der Waals surface area contributed by atoms with E-state index in [0.717, 1.165) is 17.5 Å². The van der Waals surface area contributed by atoms with Gasteiger partial charge in [0.1, 0.15) is 0 Å². The summed E-state index contributed by atoms with van der Waals surface area (Å²) in [5.41, 5.74) is 3.09. The Hall–Kier alpha value is -1.55. The highest BCUT2D eigenvalue weighted by molar-refractivity contribution is 6.00. The molecule has 1 saturated carbocycles. The van der Waals surface area contributed by atoms with Crippen LogP contribution in [0.5, 0.6) is 0 Å². The predicted octanol–water partition coefficient (Wildman–Crippen LogP) is 2.58. The predicted molar refractivity (Wildman–Crippen MR) is 58.7 cm³/mol. The zero-order valence-electron chi connectivity index (χ0n) is 8.55. The molecule has 0 N–H and O–H groups in total. The van der Waals surface area contributed by atoms with E-state index in [2.05, 4.69) is 17.9 Å². The first-order chi connectivity index (χ1) is 7.33. The Morgan fingerprint density at radius 1 is 1.20 bits per heavy atom. The van der Waals surface area contributed by atoms with Gasteiger partial charge in [0.05, 0.1) is 0 Å². The molecule has 1 heteroatoms. The molecule has 0 radical (unpaired) electrons. The van der Waals surface area contributed by atoms with Crippen molar-refractivity contribution in [2.45, 2.75) is 25.7 Å². The summed E-state index contributed by atoms with van der Waals surface area (Å²) >= 11 is 0. The second-order valence-corrected chi connectivity index (χ2v) is 4.34. The van der Waals surface area contributed by atoms with Gasteiger partial charge in [-0.25, -0.2) is 0 Å². The molecular weight excluding hydrogens is 184 g/mol. The number of hydrogen-bond donors (Lipinski definition) is 0. The minimum atomic E-state index is 0.278. The topological polar surface area (TPSA) is 17.1 Å². The molecule has 0 unspecified atom stereocenters. The number of rotatable bonds is 0. The quantitative estimate of drug-likeness (QED) is 0.583. The molecule has 0 spiro atoms. The van der Waals surface area contributed by atoms with E-state index in [4.69, 9.17) is 0 Å². The maximum Gasteiger partial charge on any atom is 0.163 e. The van der Waals surface area contributed by atoms with Gasteiger partial charge in [-0.1, -0.05) is 17.9 Å². The number of fused-ring (bicyclic) bond motifs is 1. The zero-order valence-corrected chi connectivity index (χ0v) is 8.55. The van der Waals surface area contributed by atoms with Gasteiger partial charge in [-0.15, -0.1) is 0 Å². The lowest BCUT2D eigenvalue weighted by atomic mass is 10.1. The molecule has 1 aromatic carbocycles. The highest BCUT2D eigenvalue weighted by Gasteiger charge is 2.20. The lowest BCUT2D eigenvalue weighted by molar-refractivity contribution is 0.0994. The summed E-state index contributed by atoms with van der Waals surface area (Å²) in [6, 6.07) is 6.05. The van der Waals surface area contributed by atoms with Crippen LogP contribution in [-0.4, -0.2) is 5.78 Å². The van der Waals surface area contributed by atoms with E-state index in [1.54, 1.807) is 0 Å². The summed E-state index contributed by atoms with van der Waals surface area (Å²) in [5, 5.41) is 0. The molecule has 0 aliphatic heterocycles. The first-order valence-electron chi connectivity index (χ1n) is 5.50. The highest BCUT2D eigenvalue weighted by Crippen LogP contribution is 2.28. The van der Waals surface area contributed by atoms with Crippen molar-refractivity contribution in [3.8, 4) is 11.8 Å². The van der Waals surface area contributed by atoms with E-state index in [0.29, 0.717) is 12.3 Å². The fourth-order valence-corrected chi connectivity index (χ4v) is 1.93. The third-order valence-electron chi connectivity index (χ3n) is 3.03. The van der Waals surface area contributed by atoms with Gasteiger partial charge in [0.25, 0.3) is 0 Å². The van der Waals surface area contributed by atoms with Crippen LogP contribution >= 0.6 is 0 Å². The molecule has 0 amide bonds. The molecule has 74 valence electrons. The van der Waals surface area contributed by atoms with Crippen LogP contribution in [0, 0.1) is 17.8 Å². The van der Waals surface area contributed by atoms with Crippen LogP contribution in [0.25, 0.3) is 0 Å². The van der Waals surface area contributed by atoms with E-state index in [-0.39, 0.29) is 5.78 Å². The number of aryl methyl sites for hydroxylation is 1. The van der Waals surface area contributed by atoms with E-state index < -0.39 is 0 Å². The fourth-order valence-electron chi connectivity index (χ4n) is 1.93. The Morgan fingerprint density at radius 3 is 2.87 bits per heavy atom. The Kier molecular flexibility index (Phi) is 1.89. The average molecular weight is 196 g/mol. The van der Waals surface area contributed by atoms with Crippen molar-refractivity contribution in [3.63, 3.8) is 0 Å². The van der Waals surface area contributed by atoms with Gasteiger partial charge in [0, 0.05) is 23.5 Å². The fraction of sp³-hybridized carbons (Fsp3) is 0.357. The first-order valence-corrected chi connectivity index (χ1v) is 5.50. The van der Waals surface area contributed by atoms with Gasteiger partial charge >= 0.3 is 0 Å². The third kappa shape index (κ3) is 1.68. The molecule has 1 fully saturated rings. The van der Waals surface area contributed by atoms with E-state index in [9.17, 15) is 4.79 Å². The molecule has 3 rings (SSSR count). The van der Waals surface area contributed by atoms with Gasteiger partial charge < -0.3 is 0 Å². The molecule has 15 heavy (non-hydrogen) atoms. The van der Waals surface area contributed by atoms with Crippen LogP contribution in [0.2, 0.25) is 0 Å². The maximum absolute atomic E-state index is 11.5. The smallest absolute Gasteiger partial charge is 0.163 e. The zero-order chi connectivity index (χ0) is 10.3. The van der Waals surface area contributed by atoms with Gasteiger partial charge in [-0.05, 0) is 37.0 Å². The highest BCUT2D eigenvalue weighted by atomic mass is 16.1. The summed E-state index contributed by atoms with van der Waals surface area (Å²) in [6.07, 6.45) is 4.08. The number of ketones is 1. The molecule has 2 aliphatic rings. The van der Waals surface area contributed by atoms with Crippen LogP contribution < -0.4 is 0 Å². The van der Waals surface area contributed by atoms with Gasteiger partial charge in [-0.2, -0.15) is 0 Å². The summed E-state index contributed by atoms with van der Waals surface area (Å²) in [7, 11) is 0. The number of hydrogen-bond acceptors (Lipinski definition) is 1. The second kappa shape index (κ2) is 3.24. The van der Waals surface area contributed by atoms with Crippen molar-refractivity contribution in [2.24, 2.45) is 5.92 Å². The number of benzene rings is 1. The van der Waals surface area contributed by atoms with Crippen molar-refractivity contribution in [2.75, 3.05) is 0 Å². The lowest BCUT2D eigenvalue weighted by Crippen LogP contribution is -1.91. The normalized spacial score (nSPS) is 18.3. The third-order valence-corrected chi connectivity index (χ3v) is 3.03. The standard InChI is InChI=1S/C14H12O/c15-14-8-7-12-6-5-11(9-13(12)14)4-3-10-1-2-10/h5-6,9-10H,1-2,7-8H2. The van der Waals surface area contributed by atoms with Gasteiger partial charge in [0.2, 0.25) is 0 Å². The number of carbonyl (C=O) groups excluding carboxylic acids is 1. The molecule has 0 bridgehead atoms. The van der Waals surface area contributed by atoms with Gasteiger partial charge in [0.15, 0.2) is 5.78 Å². The minimum Gasteiger partial charge on any atom is -0.294 e. The van der Waals surface area contributed by atoms with E-state index in [1.165, 1.54) is 18.4 Å². The van der Waals surface area contributed by atoms with E-state index >= 15 is 0 Å². The van der Waals surface area contributed by atoms with Crippen molar-refractivity contribution in [3.05, 3.63) is 34.9 Å². The Balaban J connectivity index is 1.95. The van der Waals surface area contributed by atoms with Crippen molar-refractivity contribution in [1.29, 1.82) is 0 Å². The van der Waals surface area contributed by atoms with Crippen molar-refractivity contribution >= 4 is 5.78 Å². The molecule has 0 atom stereocenters. The Labute approximate surface area is 89.5 Å². The van der Waals surface area contributed by atoms with E-state index in [1.807, 2.05) is 12.1 Å². The summed E-state index contributed by atoms with van der Waals surface area (Å²) < 4.78 is 0. The first kappa shape index (κ1) is 8.73. The Morgan fingerprint density at radius 2 is 2.07 bits per heavy atom. The summed E-state index contributed by atoms with van der Waals surface area (Å²) in [6.45, 7) is 0. The number of Topliss-reactive ketones (excluding diaryl/α,β-unsaturated/α-hetero) is 1. The van der Waals surface area contributed by atoms with Crippen LogP contribution in [0.15, 0.2) is 18.2 Å². The molecule has 0 heterocycles. The molecular formula is C14H12O. The Bertz CT molecular complexity index is 484. The van der Waals surface area contributed by atoms with Crippen LogP contribution in [0.3, 0.4) is 0 Å². The maximum atomic E-state index is 11.5. The van der Waals surface area contributed by atoms with Crippen LogP contribution in [0.4, 0.5) is 0 Å². The monoisotopic (exact) mass is 196 g/mol. The average Bonchev–Trinajstić information content (AvgIpc) is 3.02.